The topological polar surface area (TPSA) is 232 Å². The summed E-state index contributed by atoms with van der Waals surface area (Å²) in [5, 5.41) is 2.84. The number of nitrogens with one attached hydrogen (secondary N) is 1. The van der Waals surface area contributed by atoms with Gasteiger partial charge in [0.1, 0.15) is 18.8 Å². The van der Waals surface area contributed by atoms with Crippen molar-refractivity contribution in [3.05, 3.63) is 12.2 Å². The minimum atomic E-state index is -1.68. The molecule has 18 heteroatoms. The molecular formula is C60H103NO17. The minimum Gasteiger partial charge on any atom is -0.463 e. The fourth-order valence-corrected chi connectivity index (χ4v) is 9.68. The van der Waals surface area contributed by atoms with Crippen molar-refractivity contribution >= 4 is 47.7 Å². The van der Waals surface area contributed by atoms with Crippen LogP contribution in [0.2, 0.25) is 0 Å². The third-order valence-corrected chi connectivity index (χ3v) is 13.5. The van der Waals surface area contributed by atoms with Crippen molar-refractivity contribution in [2.24, 2.45) is 0 Å². The van der Waals surface area contributed by atoms with Crippen LogP contribution in [0.25, 0.3) is 0 Å². The van der Waals surface area contributed by atoms with Gasteiger partial charge in [-0.3, -0.25) is 38.4 Å². The lowest BCUT2D eigenvalue weighted by atomic mass is 9.97. The Hall–Kier alpha value is -4.58. The van der Waals surface area contributed by atoms with Gasteiger partial charge in [-0.2, -0.15) is 0 Å². The number of esters is 7. The van der Waals surface area contributed by atoms with Gasteiger partial charge in [-0.05, 0) is 25.7 Å². The van der Waals surface area contributed by atoms with E-state index >= 15 is 0 Å². The number of rotatable bonds is 46. The average Bonchev–Trinajstić information content (AvgIpc) is 3.36. The molecule has 18 nitrogen and oxygen atoms in total. The van der Waals surface area contributed by atoms with Crippen LogP contribution in [0, 0.1) is 0 Å². The van der Waals surface area contributed by atoms with Gasteiger partial charge in [0.15, 0.2) is 36.8 Å². The molecule has 0 spiro atoms. The van der Waals surface area contributed by atoms with Gasteiger partial charge >= 0.3 is 41.8 Å². The Kier molecular flexibility index (Phi) is 41.4. The summed E-state index contributed by atoms with van der Waals surface area (Å²) in [5.74, 6) is -6.23. The normalized spacial score (nSPS) is 18.7. The Balaban J connectivity index is 3.40. The number of hydrogen-bond donors (Lipinski definition) is 1. The fourth-order valence-electron chi connectivity index (χ4n) is 9.68. The van der Waals surface area contributed by atoms with Crippen LogP contribution < -0.4 is 5.32 Å². The van der Waals surface area contributed by atoms with E-state index < -0.39 is 116 Å². The predicted molar refractivity (Wildman–Crippen MR) is 295 cm³/mol. The second-order valence-corrected chi connectivity index (χ2v) is 21.0. The van der Waals surface area contributed by atoms with Gasteiger partial charge in [-0.15, -0.1) is 0 Å². The first-order valence-corrected chi connectivity index (χ1v) is 29.8. The van der Waals surface area contributed by atoms with Crippen LogP contribution >= 0.6 is 0 Å². The molecule has 0 aliphatic carbocycles. The first-order valence-electron chi connectivity index (χ1n) is 29.8. The highest BCUT2D eigenvalue weighted by Gasteiger charge is 2.53. The Bertz CT molecular complexity index is 1720. The molecule has 78 heavy (non-hydrogen) atoms. The number of amides is 1. The van der Waals surface area contributed by atoms with Gasteiger partial charge in [0.2, 0.25) is 0 Å². The summed E-state index contributed by atoms with van der Waals surface area (Å²) in [5.41, 5.74) is 0. The van der Waals surface area contributed by atoms with Gasteiger partial charge in [-0.1, -0.05) is 187 Å². The molecule has 0 bridgehead atoms. The molecule has 1 aliphatic heterocycles. The molecule has 450 valence electrons. The first kappa shape index (κ1) is 71.4. The third-order valence-electron chi connectivity index (χ3n) is 13.5. The molecule has 1 saturated heterocycles. The maximum Gasteiger partial charge on any atom is 0.303 e. The zero-order valence-corrected chi connectivity index (χ0v) is 49.4. The smallest absolute Gasteiger partial charge is 0.303 e. The second-order valence-electron chi connectivity index (χ2n) is 21.0. The molecule has 4 unspecified atom stereocenters. The minimum absolute atomic E-state index is 0.0487. The van der Waals surface area contributed by atoms with Crippen molar-refractivity contribution in [1.82, 2.24) is 5.32 Å². The molecule has 1 rings (SSSR count). The average molecular weight is 1110 g/mol. The summed E-state index contributed by atoms with van der Waals surface area (Å²) >= 11 is 0. The maximum absolute atomic E-state index is 14.4. The highest BCUT2D eigenvalue weighted by molar-refractivity contribution is 5.83. The summed E-state index contributed by atoms with van der Waals surface area (Å²) in [4.78, 5) is 102. The lowest BCUT2D eigenvalue weighted by Gasteiger charge is -2.44. The molecule has 0 aromatic heterocycles. The van der Waals surface area contributed by atoms with E-state index in [1.54, 1.807) is 0 Å². The molecule has 1 aliphatic rings. The van der Waals surface area contributed by atoms with E-state index in [1.807, 2.05) is 12.2 Å². The molecule has 1 fully saturated rings. The summed E-state index contributed by atoms with van der Waals surface area (Å²) in [6.07, 6.45) is 24.9. The second kappa shape index (κ2) is 45.2. The van der Waals surface area contributed by atoms with Crippen LogP contribution in [0.15, 0.2) is 12.2 Å². The lowest BCUT2D eigenvalue weighted by molar-refractivity contribution is -0.310. The van der Waals surface area contributed by atoms with Crippen molar-refractivity contribution in [3.8, 4) is 0 Å². The van der Waals surface area contributed by atoms with Gasteiger partial charge < -0.3 is 47.9 Å². The van der Waals surface area contributed by atoms with Gasteiger partial charge in [0, 0.05) is 54.9 Å². The van der Waals surface area contributed by atoms with Crippen LogP contribution in [0.3, 0.4) is 0 Å². The SMILES string of the molecule is CCCCCCCCCCC/C=C/CC(OC(C)=O)C(OC(C)=O)C(CO[C@@H]1O[C@H](COC(C)=O)[C@@H](OC(C)=O)[C@H](OC(C)=O)[C@H]1OC(C)=O)NC(=O)C(CCCCCCCCCCCCCCCCCCCC)OC(C)=O. The Morgan fingerprint density at radius 3 is 1.32 bits per heavy atom. The van der Waals surface area contributed by atoms with Crippen LogP contribution in [-0.4, -0.2) is 116 Å². The number of allylic oxidation sites excluding steroid dienone is 1. The van der Waals surface area contributed by atoms with Crippen molar-refractivity contribution < 1.29 is 81.0 Å². The van der Waals surface area contributed by atoms with E-state index in [9.17, 15) is 38.4 Å². The van der Waals surface area contributed by atoms with Crippen LogP contribution in [0.1, 0.15) is 255 Å². The molecule has 0 aromatic rings. The van der Waals surface area contributed by atoms with Crippen LogP contribution in [0.4, 0.5) is 0 Å². The maximum atomic E-state index is 14.4. The Morgan fingerprint density at radius 1 is 0.462 bits per heavy atom. The summed E-state index contributed by atoms with van der Waals surface area (Å²) in [6, 6.07) is -1.39. The number of unbranched alkanes of at least 4 members (excludes halogenated alkanes) is 26. The Labute approximate surface area is 467 Å². The van der Waals surface area contributed by atoms with E-state index in [0.717, 1.165) is 86.0 Å². The number of carbonyl (C=O) groups is 8. The number of carbonyl (C=O) groups excluding carboxylic acids is 8. The van der Waals surface area contributed by atoms with Crippen molar-refractivity contribution in [2.45, 2.75) is 310 Å². The standard InChI is InChI=1S/C60H103NO17/c1-10-12-14-16-18-20-22-24-25-26-27-28-29-31-33-35-37-39-41-53(73-46(5)64)59(69)61-51(55(74-47(6)65)52(72-45(4)63)40-38-36-34-32-30-23-21-19-17-15-13-11-2)42-71-60-58(77-50(9)68)57(76-49(8)67)56(75-48(7)66)54(78-60)43-70-44(3)62/h36,38,51-58,60H,10-35,37,39-43H2,1-9H3,(H,61,69)/b38-36+/t51?,52?,53?,54-,55?,56-,57+,58-,60-/m1/s1. The summed E-state index contributed by atoms with van der Waals surface area (Å²) in [6.45, 7) is 11.2. The molecule has 1 amide bonds. The molecule has 0 saturated carbocycles. The molecule has 1 N–H and O–H groups in total. The molecule has 1 heterocycles. The van der Waals surface area contributed by atoms with E-state index in [4.69, 9.17) is 42.6 Å². The largest absolute Gasteiger partial charge is 0.463 e. The van der Waals surface area contributed by atoms with Gasteiger partial charge in [-0.25, -0.2) is 0 Å². The molecule has 0 radical (unpaired) electrons. The quantitative estimate of drug-likeness (QED) is 0.0258. The highest BCUT2D eigenvalue weighted by atomic mass is 16.7. The summed E-state index contributed by atoms with van der Waals surface area (Å²) < 4.78 is 51.7. The van der Waals surface area contributed by atoms with Crippen molar-refractivity contribution in [3.63, 3.8) is 0 Å². The number of ether oxygens (including phenoxy) is 9. The first-order chi connectivity index (χ1) is 37.4. The zero-order chi connectivity index (χ0) is 57.9. The van der Waals surface area contributed by atoms with Crippen LogP contribution in [-0.2, 0) is 81.0 Å². The highest BCUT2D eigenvalue weighted by Crippen LogP contribution is 2.31. The van der Waals surface area contributed by atoms with Gasteiger partial charge in [0.25, 0.3) is 5.91 Å². The lowest BCUT2D eigenvalue weighted by Crippen LogP contribution is -2.63. The van der Waals surface area contributed by atoms with Gasteiger partial charge in [0.05, 0.1) is 12.6 Å². The summed E-state index contributed by atoms with van der Waals surface area (Å²) in [7, 11) is 0. The molecule has 9 atom stereocenters. The van der Waals surface area contributed by atoms with E-state index in [2.05, 4.69) is 19.2 Å². The van der Waals surface area contributed by atoms with E-state index in [1.165, 1.54) is 136 Å². The molecule has 0 aromatic carbocycles. The third kappa shape index (κ3) is 35.8. The van der Waals surface area contributed by atoms with E-state index in [0.29, 0.717) is 6.42 Å². The van der Waals surface area contributed by atoms with Crippen LogP contribution in [0.5, 0.6) is 0 Å². The predicted octanol–water partition coefficient (Wildman–Crippen LogP) is 11.7. The zero-order valence-electron chi connectivity index (χ0n) is 49.4. The number of hydrogen-bond acceptors (Lipinski definition) is 17. The monoisotopic (exact) mass is 1110 g/mol. The van der Waals surface area contributed by atoms with Crippen molar-refractivity contribution in [2.75, 3.05) is 13.2 Å². The Morgan fingerprint density at radius 2 is 0.885 bits per heavy atom. The van der Waals surface area contributed by atoms with E-state index in [-0.39, 0.29) is 12.8 Å². The fraction of sp³-hybridized carbons (Fsp3) is 0.833. The molecular weight excluding hydrogens is 1010 g/mol. The van der Waals surface area contributed by atoms with Crippen molar-refractivity contribution in [1.29, 1.82) is 0 Å².